The standard InChI is InChI=1S/C23H29N7O2S/c1-17(18-9-11-20(12-10-18)19-7-4-3-5-8-19)21-26-22(29-28-21)27-23-24-13-6-15-30(23)16-14-25-33(2,31)32/h3-5,7-12,17,25H,6,13-16H2,1-2H3,(H2,24,26,27,28,29). The first-order chi connectivity index (χ1) is 15.9. The number of anilines is 1. The lowest BCUT2D eigenvalue weighted by Gasteiger charge is -2.28. The molecule has 0 radical (unpaired) electrons. The molecular formula is C23H29N7O2S. The number of rotatable bonds is 8. The molecule has 10 heteroatoms. The Morgan fingerprint density at radius 3 is 2.55 bits per heavy atom. The third-order valence-corrected chi connectivity index (χ3v) is 6.28. The van der Waals surface area contributed by atoms with Gasteiger partial charge >= 0.3 is 0 Å². The van der Waals surface area contributed by atoms with Gasteiger partial charge in [0.1, 0.15) is 5.82 Å². The van der Waals surface area contributed by atoms with Crippen LogP contribution in [0.3, 0.4) is 0 Å². The summed E-state index contributed by atoms with van der Waals surface area (Å²) in [5, 5.41) is 10.5. The van der Waals surface area contributed by atoms with Gasteiger partial charge in [-0.25, -0.2) is 13.1 Å². The maximum Gasteiger partial charge on any atom is 0.248 e. The van der Waals surface area contributed by atoms with E-state index in [1.54, 1.807) is 0 Å². The van der Waals surface area contributed by atoms with Crippen LogP contribution in [-0.4, -0.2) is 66.9 Å². The number of hydrogen-bond donors (Lipinski definition) is 3. The molecule has 9 nitrogen and oxygen atoms in total. The van der Waals surface area contributed by atoms with E-state index in [0.29, 0.717) is 31.5 Å². The molecule has 2 heterocycles. The molecule has 33 heavy (non-hydrogen) atoms. The fraction of sp³-hybridized carbons (Fsp3) is 0.348. The summed E-state index contributed by atoms with van der Waals surface area (Å²) in [6.07, 6.45) is 2.07. The van der Waals surface area contributed by atoms with Gasteiger partial charge in [0, 0.05) is 32.1 Å². The Kier molecular flexibility index (Phi) is 7.05. The Morgan fingerprint density at radius 1 is 1.09 bits per heavy atom. The zero-order chi connectivity index (χ0) is 23.3. The number of nitrogens with zero attached hydrogens (tertiary/aromatic N) is 4. The molecule has 1 unspecified atom stereocenters. The number of sulfonamides is 1. The van der Waals surface area contributed by atoms with Crippen molar-refractivity contribution in [2.45, 2.75) is 19.3 Å². The quantitative estimate of drug-likeness (QED) is 0.469. The van der Waals surface area contributed by atoms with E-state index in [2.05, 4.69) is 73.5 Å². The van der Waals surface area contributed by atoms with E-state index in [9.17, 15) is 8.42 Å². The summed E-state index contributed by atoms with van der Waals surface area (Å²) in [6, 6.07) is 18.8. The SMILES string of the molecule is CC(c1ccc(-c2ccccc2)cc1)c1nc(NC2=NCCCN2CCNS(C)(=O)=O)n[nH]1. The summed E-state index contributed by atoms with van der Waals surface area (Å²) in [7, 11) is -3.22. The van der Waals surface area contributed by atoms with Gasteiger partial charge in [-0.3, -0.25) is 15.4 Å². The average molecular weight is 468 g/mol. The van der Waals surface area contributed by atoms with E-state index in [4.69, 9.17) is 0 Å². The topological polar surface area (TPSA) is 115 Å². The van der Waals surface area contributed by atoms with E-state index in [0.717, 1.165) is 30.6 Å². The lowest BCUT2D eigenvalue weighted by atomic mass is 9.97. The number of hydrogen-bond acceptors (Lipinski definition) is 7. The van der Waals surface area contributed by atoms with E-state index in [1.807, 2.05) is 23.1 Å². The molecule has 0 spiro atoms. The van der Waals surface area contributed by atoms with Crippen LogP contribution >= 0.6 is 0 Å². The molecule has 0 amide bonds. The summed E-state index contributed by atoms with van der Waals surface area (Å²) < 4.78 is 25.2. The van der Waals surface area contributed by atoms with Crippen molar-refractivity contribution in [1.29, 1.82) is 0 Å². The second-order valence-corrected chi connectivity index (χ2v) is 9.92. The van der Waals surface area contributed by atoms with Crippen molar-refractivity contribution >= 4 is 21.9 Å². The molecule has 1 aromatic heterocycles. The van der Waals surface area contributed by atoms with Gasteiger partial charge in [0.05, 0.1) is 6.26 Å². The second-order valence-electron chi connectivity index (χ2n) is 8.09. The van der Waals surface area contributed by atoms with Crippen LogP contribution in [0.4, 0.5) is 5.95 Å². The Morgan fingerprint density at radius 2 is 1.82 bits per heavy atom. The maximum absolute atomic E-state index is 11.3. The number of nitrogens with one attached hydrogen (secondary N) is 3. The van der Waals surface area contributed by atoms with E-state index in [1.165, 1.54) is 11.1 Å². The predicted octanol–water partition coefficient (Wildman–Crippen LogP) is 2.65. The van der Waals surface area contributed by atoms with Gasteiger partial charge in [0.15, 0.2) is 0 Å². The third kappa shape index (κ3) is 6.17. The van der Waals surface area contributed by atoms with Crippen LogP contribution in [0.2, 0.25) is 0 Å². The minimum atomic E-state index is -3.22. The molecule has 3 aromatic rings. The van der Waals surface area contributed by atoms with Crippen LogP contribution in [0, 0.1) is 0 Å². The molecule has 0 saturated heterocycles. The average Bonchev–Trinajstić information content (AvgIpc) is 3.28. The van der Waals surface area contributed by atoms with Gasteiger partial charge in [-0.15, -0.1) is 5.10 Å². The molecule has 2 aromatic carbocycles. The number of benzene rings is 2. The van der Waals surface area contributed by atoms with E-state index < -0.39 is 10.0 Å². The largest absolute Gasteiger partial charge is 0.341 e. The van der Waals surface area contributed by atoms with Gasteiger partial charge in [-0.2, -0.15) is 4.98 Å². The highest BCUT2D eigenvalue weighted by Crippen LogP contribution is 2.25. The highest BCUT2D eigenvalue weighted by Gasteiger charge is 2.19. The number of aromatic amines is 1. The fourth-order valence-electron chi connectivity index (χ4n) is 3.73. The maximum atomic E-state index is 11.3. The van der Waals surface area contributed by atoms with Crippen molar-refractivity contribution in [3.63, 3.8) is 0 Å². The Balaban J connectivity index is 1.40. The lowest BCUT2D eigenvalue weighted by Crippen LogP contribution is -2.44. The summed E-state index contributed by atoms with van der Waals surface area (Å²) >= 11 is 0. The van der Waals surface area contributed by atoms with Crippen LogP contribution < -0.4 is 10.0 Å². The highest BCUT2D eigenvalue weighted by molar-refractivity contribution is 7.88. The monoisotopic (exact) mass is 467 g/mol. The third-order valence-electron chi connectivity index (χ3n) is 5.55. The Hall–Kier alpha value is -3.24. The second kappa shape index (κ2) is 10.1. The molecule has 4 rings (SSSR count). The normalized spacial score (nSPS) is 15.2. The van der Waals surface area contributed by atoms with Crippen LogP contribution in [0.1, 0.15) is 30.7 Å². The zero-order valence-electron chi connectivity index (χ0n) is 18.8. The highest BCUT2D eigenvalue weighted by atomic mass is 32.2. The Labute approximate surface area is 194 Å². The number of aromatic nitrogens is 3. The van der Waals surface area contributed by atoms with E-state index in [-0.39, 0.29) is 5.92 Å². The van der Waals surface area contributed by atoms with Crippen molar-refractivity contribution in [2.75, 3.05) is 37.8 Å². The van der Waals surface area contributed by atoms with Crippen LogP contribution in [0.25, 0.3) is 11.1 Å². The summed E-state index contributed by atoms with van der Waals surface area (Å²) in [6.45, 7) is 4.41. The van der Waals surface area contributed by atoms with Crippen LogP contribution in [-0.2, 0) is 10.0 Å². The molecule has 1 aliphatic heterocycles. The van der Waals surface area contributed by atoms with Crippen molar-refractivity contribution in [3.8, 4) is 11.1 Å². The molecule has 1 atom stereocenters. The number of aliphatic imine (C=N–C) groups is 1. The smallest absolute Gasteiger partial charge is 0.248 e. The number of H-pyrrole nitrogens is 1. The molecule has 0 aliphatic carbocycles. The number of guanidine groups is 1. The minimum Gasteiger partial charge on any atom is -0.341 e. The van der Waals surface area contributed by atoms with Gasteiger partial charge in [-0.1, -0.05) is 61.5 Å². The molecule has 3 N–H and O–H groups in total. The first-order valence-electron chi connectivity index (χ1n) is 11.0. The lowest BCUT2D eigenvalue weighted by molar-refractivity contribution is 0.396. The van der Waals surface area contributed by atoms with E-state index >= 15 is 0 Å². The van der Waals surface area contributed by atoms with Crippen molar-refractivity contribution < 1.29 is 8.42 Å². The summed E-state index contributed by atoms with van der Waals surface area (Å²) in [4.78, 5) is 11.2. The Bertz CT molecular complexity index is 1190. The summed E-state index contributed by atoms with van der Waals surface area (Å²) in [5.74, 6) is 1.90. The van der Waals surface area contributed by atoms with Crippen LogP contribution in [0.15, 0.2) is 59.6 Å². The predicted molar refractivity (Wildman–Crippen MR) is 131 cm³/mol. The minimum absolute atomic E-state index is 0.0428. The molecular weight excluding hydrogens is 438 g/mol. The van der Waals surface area contributed by atoms with Gasteiger partial charge in [0.2, 0.25) is 21.9 Å². The summed E-state index contributed by atoms with van der Waals surface area (Å²) in [5.41, 5.74) is 3.50. The van der Waals surface area contributed by atoms with Crippen molar-refractivity contribution in [1.82, 2.24) is 24.8 Å². The van der Waals surface area contributed by atoms with Crippen LogP contribution in [0.5, 0.6) is 0 Å². The zero-order valence-corrected chi connectivity index (χ0v) is 19.6. The van der Waals surface area contributed by atoms with Crippen molar-refractivity contribution in [3.05, 3.63) is 66.0 Å². The molecule has 174 valence electrons. The molecule has 0 bridgehead atoms. The molecule has 1 aliphatic rings. The van der Waals surface area contributed by atoms with Gasteiger partial charge in [-0.05, 0) is 23.1 Å². The fourth-order valence-corrected chi connectivity index (χ4v) is 4.19. The first-order valence-corrected chi connectivity index (χ1v) is 12.9. The first kappa shape index (κ1) is 22.9. The molecule has 0 saturated carbocycles. The van der Waals surface area contributed by atoms with Crippen molar-refractivity contribution in [2.24, 2.45) is 4.99 Å². The molecule has 0 fully saturated rings. The van der Waals surface area contributed by atoms with Gasteiger partial charge < -0.3 is 4.90 Å². The van der Waals surface area contributed by atoms with Gasteiger partial charge in [0.25, 0.3) is 0 Å².